The lowest BCUT2D eigenvalue weighted by Crippen LogP contribution is -2.49. The fraction of sp³-hybridized carbons (Fsp3) is 0.562. The minimum atomic E-state index is -0.245. The maximum Gasteiger partial charge on any atom is 0.129 e. The van der Waals surface area contributed by atoms with Crippen molar-refractivity contribution in [2.75, 3.05) is 26.2 Å². The number of hydrogen-bond acceptors (Lipinski definition) is 3. The van der Waals surface area contributed by atoms with Gasteiger partial charge in [0.15, 0.2) is 0 Å². The molecule has 114 valence electrons. The molecule has 1 atom stereocenters. The highest BCUT2D eigenvalue weighted by Gasteiger charge is 2.24. The Bertz CT molecular complexity index is 486. The summed E-state index contributed by atoms with van der Waals surface area (Å²) in [6.07, 6.45) is 1.93. The van der Waals surface area contributed by atoms with Crippen LogP contribution in [-0.2, 0) is 6.54 Å². The fourth-order valence-corrected chi connectivity index (χ4v) is 2.97. The maximum absolute atomic E-state index is 13.8. The van der Waals surface area contributed by atoms with Crippen molar-refractivity contribution in [3.8, 4) is 6.07 Å². The molecule has 0 saturated carbocycles. The summed E-state index contributed by atoms with van der Waals surface area (Å²) in [4.78, 5) is 4.42. The standard InChI is InChI=1S/C16H21ClFN3/c1-2-4-13(11-19)21-9-7-20(8-10-21)12-14-15(17)5-3-6-16(14)18/h3,5-6,13H,2,4,7-10,12H2,1H3. The van der Waals surface area contributed by atoms with Gasteiger partial charge in [-0.15, -0.1) is 0 Å². The monoisotopic (exact) mass is 309 g/mol. The lowest BCUT2D eigenvalue weighted by molar-refractivity contribution is 0.105. The van der Waals surface area contributed by atoms with Gasteiger partial charge >= 0.3 is 0 Å². The van der Waals surface area contributed by atoms with Gasteiger partial charge < -0.3 is 0 Å². The van der Waals surface area contributed by atoms with E-state index in [1.807, 2.05) is 0 Å². The van der Waals surface area contributed by atoms with E-state index in [1.165, 1.54) is 6.07 Å². The molecule has 1 heterocycles. The van der Waals surface area contributed by atoms with Gasteiger partial charge in [-0.1, -0.05) is 31.0 Å². The topological polar surface area (TPSA) is 30.3 Å². The van der Waals surface area contributed by atoms with Crippen molar-refractivity contribution < 1.29 is 4.39 Å². The van der Waals surface area contributed by atoms with Crippen molar-refractivity contribution in [1.29, 1.82) is 5.26 Å². The van der Waals surface area contributed by atoms with Crippen LogP contribution in [0.3, 0.4) is 0 Å². The molecule has 2 rings (SSSR count). The third kappa shape index (κ3) is 4.16. The molecule has 1 aromatic rings. The number of benzene rings is 1. The molecule has 5 heteroatoms. The zero-order chi connectivity index (χ0) is 15.2. The highest BCUT2D eigenvalue weighted by Crippen LogP contribution is 2.21. The van der Waals surface area contributed by atoms with Gasteiger partial charge in [-0.25, -0.2) is 4.39 Å². The van der Waals surface area contributed by atoms with Crippen LogP contribution >= 0.6 is 11.6 Å². The fourth-order valence-electron chi connectivity index (χ4n) is 2.74. The van der Waals surface area contributed by atoms with Gasteiger partial charge in [0.25, 0.3) is 0 Å². The summed E-state index contributed by atoms with van der Waals surface area (Å²) in [5, 5.41) is 9.70. The SMILES string of the molecule is CCCC(C#N)N1CCN(Cc2c(F)cccc2Cl)CC1. The minimum absolute atomic E-state index is 0.00852. The summed E-state index contributed by atoms with van der Waals surface area (Å²) in [7, 11) is 0. The molecule has 0 spiro atoms. The van der Waals surface area contributed by atoms with Crippen LogP contribution < -0.4 is 0 Å². The minimum Gasteiger partial charge on any atom is -0.296 e. The molecule has 0 aromatic heterocycles. The first-order valence-corrected chi connectivity index (χ1v) is 7.82. The van der Waals surface area contributed by atoms with E-state index >= 15 is 0 Å². The number of nitriles is 1. The number of halogens is 2. The molecule has 21 heavy (non-hydrogen) atoms. The molecule has 1 aliphatic rings. The lowest BCUT2D eigenvalue weighted by Gasteiger charge is -2.37. The molecular weight excluding hydrogens is 289 g/mol. The summed E-state index contributed by atoms with van der Waals surface area (Å²) in [5.41, 5.74) is 0.568. The van der Waals surface area contributed by atoms with Gasteiger partial charge in [-0.3, -0.25) is 9.80 Å². The molecule has 0 radical (unpaired) electrons. The first kappa shape index (κ1) is 16.2. The molecule has 3 nitrogen and oxygen atoms in total. The van der Waals surface area contributed by atoms with Gasteiger partial charge in [0.2, 0.25) is 0 Å². The van der Waals surface area contributed by atoms with Crippen LogP contribution in [0.15, 0.2) is 18.2 Å². The van der Waals surface area contributed by atoms with Crippen LogP contribution in [0.25, 0.3) is 0 Å². The molecule has 0 bridgehead atoms. The second kappa shape index (κ2) is 7.74. The third-order valence-electron chi connectivity index (χ3n) is 4.00. The Labute approximate surface area is 130 Å². The van der Waals surface area contributed by atoms with E-state index in [2.05, 4.69) is 22.8 Å². The second-order valence-electron chi connectivity index (χ2n) is 5.45. The number of hydrogen-bond donors (Lipinski definition) is 0. The largest absolute Gasteiger partial charge is 0.296 e. The van der Waals surface area contributed by atoms with Crippen LogP contribution in [0.4, 0.5) is 4.39 Å². The van der Waals surface area contributed by atoms with Gasteiger partial charge in [0.05, 0.1) is 12.1 Å². The molecular formula is C16H21ClFN3. The quantitative estimate of drug-likeness (QED) is 0.836. The molecule has 0 N–H and O–H groups in total. The van der Waals surface area contributed by atoms with E-state index in [9.17, 15) is 9.65 Å². The average Bonchev–Trinajstić information content (AvgIpc) is 2.49. The van der Waals surface area contributed by atoms with Crippen molar-refractivity contribution in [2.45, 2.75) is 32.4 Å². The first-order chi connectivity index (χ1) is 10.2. The lowest BCUT2D eigenvalue weighted by atomic mass is 10.1. The maximum atomic E-state index is 13.8. The summed E-state index contributed by atoms with van der Waals surface area (Å²) in [6, 6.07) is 7.19. The second-order valence-corrected chi connectivity index (χ2v) is 5.85. The summed E-state index contributed by atoms with van der Waals surface area (Å²) in [6.45, 7) is 6.01. The predicted octanol–water partition coefficient (Wildman–Crippen LogP) is 3.29. The predicted molar refractivity (Wildman–Crippen MR) is 82.6 cm³/mol. The van der Waals surface area contributed by atoms with Crippen molar-refractivity contribution in [3.05, 3.63) is 34.6 Å². The zero-order valence-electron chi connectivity index (χ0n) is 12.4. The van der Waals surface area contributed by atoms with E-state index < -0.39 is 0 Å². The molecule has 1 unspecified atom stereocenters. The van der Waals surface area contributed by atoms with Crippen molar-refractivity contribution >= 4 is 11.6 Å². The van der Waals surface area contributed by atoms with Crippen molar-refractivity contribution in [2.24, 2.45) is 0 Å². The van der Waals surface area contributed by atoms with E-state index in [1.54, 1.807) is 12.1 Å². The van der Waals surface area contributed by atoms with E-state index in [0.717, 1.165) is 39.0 Å². The van der Waals surface area contributed by atoms with Crippen LogP contribution in [0, 0.1) is 17.1 Å². The van der Waals surface area contributed by atoms with Gasteiger partial charge in [0.1, 0.15) is 5.82 Å². The van der Waals surface area contributed by atoms with Crippen LogP contribution in [-0.4, -0.2) is 42.0 Å². The molecule has 1 saturated heterocycles. The zero-order valence-corrected chi connectivity index (χ0v) is 13.1. The first-order valence-electron chi connectivity index (χ1n) is 7.44. The average molecular weight is 310 g/mol. The molecule has 1 fully saturated rings. The third-order valence-corrected chi connectivity index (χ3v) is 4.36. The van der Waals surface area contributed by atoms with Crippen molar-refractivity contribution in [1.82, 2.24) is 9.80 Å². The van der Waals surface area contributed by atoms with Crippen LogP contribution in [0.1, 0.15) is 25.3 Å². The molecule has 0 amide bonds. The number of piperazine rings is 1. The Balaban J connectivity index is 1.91. The highest BCUT2D eigenvalue weighted by atomic mass is 35.5. The number of rotatable bonds is 5. The Kier molecular flexibility index (Phi) is 5.98. The number of nitrogens with zero attached hydrogens (tertiary/aromatic N) is 3. The highest BCUT2D eigenvalue weighted by molar-refractivity contribution is 6.31. The Morgan fingerprint density at radius 1 is 1.33 bits per heavy atom. The van der Waals surface area contributed by atoms with Gasteiger partial charge in [-0.2, -0.15) is 5.26 Å². The summed E-state index contributed by atoms with van der Waals surface area (Å²) >= 11 is 6.07. The smallest absolute Gasteiger partial charge is 0.129 e. The summed E-state index contributed by atoms with van der Waals surface area (Å²) < 4.78 is 13.8. The van der Waals surface area contributed by atoms with Gasteiger partial charge in [-0.05, 0) is 18.6 Å². The summed E-state index contributed by atoms with van der Waals surface area (Å²) in [5.74, 6) is -0.245. The van der Waals surface area contributed by atoms with E-state index in [4.69, 9.17) is 11.6 Å². The normalized spacial score (nSPS) is 18.4. The Morgan fingerprint density at radius 2 is 2.05 bits per heavy atom. The van der Waals surface area contributed by atoms with Gasteiger partial charge in [0, 0.05) is 43.3 Å². The van der Waals surface area contributed by atoms with Crippen LogP contribution in [0.5, 0.6) is 0 Å². The Morgan fingerprint density at radius 3 is 2.62 bits per heavy atom. The van der Waals surface area contributed by atoms with E-state index in [-0.39, 0.29) is 11.9 Å². The van der Waals surface area contributed by atoms with Crippen LogP contribution in [0.2, 0.25) is 5.02 Å². The molecule has 1 aromatic carbocycles. The van der Waals surface area contributed by atoms with Crippen molar-refractivity contribution in [3.63, 3.8) is 0 Å². The molecule has 1 aliphatic heterocycles. The van der Waals surface area contributed by atoms with E-state index in [0.29, 0.717) is 17.1 Å². The molecule has 0 aliphatic carbocycles. The Hall–Kier alpha value is -1.15.